The summed E-state index contributed by atoms with van der Waals surface area (Å²) in [5, 5.41) is 2.08. The van der Waals surface area contributed by atoms with Crippen molar-refractivity contribution in [2.45, 2.75) is 57.0 Å². The van der Waals surface area contributed by atoms with Gasteiger partial charge < -0.3 is 13.9 Å². The van der Waals surface area contributed by atoms with E-state index >= 15 is 0 Å². The zero-order valence-electron chi connectivity index (χ0n) is 30.7. The fourth-order valence-corrected chi connectivity index (χ4v) is 11.8. The Kier molecular flexibility index (Phi) is 10.7. The van der Waals surface area contributed by atoms with Gasteiger partial charge in [-0.3, -0.25) is 9.88 Å². The number of ether oxygens (including phenoxy) is 2. The summed E-state index contributed by atoms with van der Waals surface area (Å²) in [6, 6.07) is 51.7. The summed E-state index contributed by atoms with van der Waals surface area (Å²) in [4.78, 5) is 34.8. The minimum absolute atomic E-state index is 0.0575. The highest BCUT2D eigenvalue weighted by molar-refractivity contribution is 7.00. The predicted molar refractivity (Wildman–Crippen MR) is 213 cm³/mol. The lowest BCUT2D eigenvalue weighted by Crippen LogP contribution is -2.68. The van der Waals surface area contributed by atoms with Gasteiger partial charge >= 0.3 is 20.4 Å². The number of nitrogens with zero attached hydrogens (tertiary/aromatic N) is 2. The van der Waals surface area contributed by atoms with Gasteiger partial charge in [0.2, 0.25) is 0 Å². The van der Waals surface area contributed by atoms with Crippen LogP contribution in [0.2, 0.25) is 5.04 Å². The zero-order valence-corrected chi connectivity index (χ0v) is 31.7. The Morgan fingerprint density at radius 1 is 0.704 bits per heavy atom. The first-order valence-electron chi connectivity index (χ1n) is 18.3. The van der Waals surface area contributed by atoms with Crippen molar-refractivity contribution in [3.05, 3.63) is 192 Å². The maximum Gasteiger partial charge on any atom is 0.411 e. The van der Waals surface area contributed by atoms with E-state index in [1.807, 2.05) is 115 Å². The van der Waals surface area contributed by atoms with Crippen LogP contribution in [0.15, 0.2) is 170 Å². The van der Waals surface area contributed by atoms with E-state index in [4.69, 9.17) is 18.9 Å². The van der Waals surface area contributed by atoms with Crippen LogP contribution in [0.25, 0.3) is 0 Å². The minimum atomic E-state index is -2.89. The van der Waals surface area contributed by atoms with Gasteiger partial charge in [0.05, 0.1) is 6.20 Å². The summed E-state index contributed by atoms with van der Waals surface area (Å²) < 4.78 is 19.4. The molecular formula is C46H44N2O5Si. The van der Waals surface area contributed by atoms with Gasteiger partial charge in [-0.1, -0.05) is 172 Å². The lowest BCUT2D eigenvalue weighted by molar-refractivity contribution is -0.173. The standard InChI is InChI=1S/C46H44N2O5Si/c1-46(2,3)54(39-25-15-7-16-26-39,40-27-17-8-18-28-40)53-38-30-29-37(47-32-38)31-41-44(49)52-43(36-23-13-6-14-24-36)42(35-21-11-5-12-22-35)48(41)45(50)51-33-34-19-9-4-10-20-34/h4-30,32,41-43H,31,33H2,1-3H3/t41-,42-,43+/m0/s1. The summed E-state index contributed by atoms with van der Waals surface area (Å²) in [5.41, 5.74) is 3.05. The summed E-state index contributed by atoms with van der Waals surface area (Å²) in [6.07, 6.45) is 0.477. The SMILES string of the molecule is CC(C)(C)[Si](Oc1ccc(C[C@H]2C(=O)O[C@H](c3ccccc3)[C@H](c3ccccc3)N2C(=O)OCc2ccccc2)nc1)(c1ccccc1)c1ccccc1. The third-order valence-corrected chi connectivity index (χ3v) is 15.0. The molecule has 1 saturated heterocycles. The summed E-state index contributed by atoms with van der Waals surface area (Å²) in [5.74, 6) is 0.104. The highest BCUT2D eigenvalue weighted by Gasteiger charge is 2.52. The Hall–Kier alpha value is -5.99. The van der Waals surface area contributed by atoms with Crippen molar-refractivity contribution in [3.63, 3.8) is 0 Å². The largest absolute Gasteiger partial charge is 0.533 e. The van der Waals surface area contributed by atoms with Crippen LogP contribution in [0, 0.1) is 0 Å². The van der Waals surface area contributed by atoms with E-state index in [-0.39, 0.29) is 18.1 Å². The molecule has 7 nitrogen and oxygen atoms in total. The quantitative estimate of drug-likeness (QED) is 0.104. The third kappa shape index (κ3) is 7.56. The van der Waals surface area contributed by atoms with Gasteiger partial charge in [0.1, 0.15) is 24.4 Å². The van der Waals surface area contributed by atoms with Gasteiger partial charge in [-0.25, -0.2) is 9.59 Å². The molecule has 7 rings (SSSR count). The summed E-state index contributed by atoms with van der Waals surface area (Å²) in [7, 11) is -2.89. The predicted octanol–water partition coefficient (Wildman–Crippen LogP) is 8.61. The summed E-state index contributed by atoms with van der Waals surface area (Å²) >= 11 is 0. The Balaban J connectivity index is 1.23. The molecule has 0 saturated carbocycles. The monoisotopic (exact) mass is 732 g/mol. The van der Waals surface area contributed by atoms with E-state index in [1.54, 1.807) is 11.1 Å². The average molecular weight is 733 g/mol. The van der Waals surface area contributed by atoms with E-state index in [0.717, 1.165) is 27.1 Å². The number of hydrogen-bond donors (Lipinski definition) is 0. The Bertz CT molecular complexity index is 2090. The number of aromatic nitrogens is 1. The normalized spacial score (nSPS) is 17.4. The molecule has 0 radical (unpaired) electrons. The molecule has 0 N–H and O–H groups in total. The molecule has 0 unspecified atom stereocenters. The molecule has 1 aliphatic rings. The first-order valence-corrected chi connectivity index (χ1v) is 20.2. The molecule has 1 fully saturated rings. The highest BCUT2D eigenvalue weighted by atomic mass is 28.4. The number of pyridine rings is 1. The van der Waals surface area contributed by atoms with Crippen molar-refractivity contribution in [1.29, 1.82) is 0 Å². The number of cyclic esters (lactones) is 1. The van der Waals surface area contributed by atoms with Crippen LogP contribution in [0.3, 0.4) is 0 Å². The van der Waals surface area contributed by atoms with E-state index < -0.39 is 38.6 Å². The maximum absolute atomic E-state index is 14.3. The molecule has 6 aromatic rings. The number of amides is 1. The van der Waals surface area contributed by atoms with Crippen LogP contribution in [0.5, 0.6) is 5.75 Å². The highest BCUT2D eigenvalue weighted by Crippen LogP contribution is 2.43. The molecule has 8 heteroatoms. The second kappa shape index (κ2) is 15.9. The zero-order chi connectivity index (χ0) is 37.5. The van der Waals surface area contributed by atoms with E-state index in [9.17, 15) is 9.59 Å². The van der Waals surface area contributed by atoms with Gasteiger partial charge in [-0.15, -0.1) is 0 Å². The topological polar surface area (TPSA) is 78.0 Å². The van der Waals surface area contributed by atoms with Gasteiger partial charge in [0.15, 0.2) is 6.10 Å². The number of carbonyl (C=O) groups excluding carboxylic acids is 2. The van der Waals surface area contributed by atoms with Gasteiger partial charge in [0.25, 0.3) is 0 Å². The number of esters is 1. The fraction of sp³-hybridized carbons (Fsp3) is 0.196. The minimum Gasteiger partial charge on any atom is -0.533 e. The third-order valence-electron chi connectivity index (χ3n) is 10.0. The molecule has 272 valence electrons. The van der Waals surface area contributed by atoms with Crippen molar-refractivity contribution < 1.29 is 23.5 Å². The molecule has 0 spiro atoms. The molecule has 54 heavy (non-hydrogen) atoms. The molecule has 3 atom stereocenters. The van der Waals surface area contributed by atoms with Crippen molar-refractivity contribution in [3.8, 4) is 5.75 Å². The lowest BCUT2D eigenvalue weighted by atomic mass is 9.90. The first kappa shape index (κ1) is 36.4. The van der Waals surface area contributed by atoms with Crippen molar-refractivity contribution in [2.24, 2.45) is 0 Å². The molecule has 1 aliphatic heterocycles. The van der Waals surface area contributed by atoms with E-state index in [0.29, 0.717) is 11.4 Å². The van der Waals surface area contributed by atoms with Crippen LogP contribution >= 0.6 is 0 Å². The van der Waals surface area contributed by atoms with Gasteiger partial charge in [-0.05, 0) is 44.2 Å². The Morgan fingerprint density at radius 2 is 1.22 bits per heavy atom. The van der Waals surface area contributed by atoms with E-state index in [1.165, 1.54) is 0 Å². The fourth-order valence-electron chi connectivity index (χ4n) is 7.43. The second-order valence-corrected chi connectivity index (χ2v) is 18.8. The molecule has 5 aromatic carbocycles. The van der Waals surface area contributed by atoms with Crippen molar-refractivity contribution in [2.75, 3.05) is 0 Å². The number of rotatable bonds is 10. The van der Waals surface area contributed by atoms with Crippen LogP contribution in [0.4, 0.5) is 4.79 Å². The average Bonchev–Trinajstić information content (AvgIpc) is 3.21. The van der Waals surface area contributed by atoms with Crippen LogP contribution in [-0.2, 0) is 27.3 Å². The molecule has 1 amide bonds. The molecular weight excluding hydrogens is 689 g/mol. The van der Waals surface area contributed by atoms with Crippen LogP contribution in [-0.4, -0.2) is 36.3 Å². The van der Waals surface area contributed by atoms with Crippen LogP contribution < -0.4 is 14.8 Å². The number of hydrogen-bond acceptors (Lipinski definition) is 6. The lowest BCUT2D eigenvalue weighted by Gasteiger charge is -2.44. The van der Waals surface area contributed by atoms with Crippen molar-refractivity contribution >= 4 is 30.8 Å². The smallest absolute Gasteiger partial charge is 0.411 e. The van der Waals surface area contributed by atoms with Gasteiger partial charge in [-0.2, -0.15) is 0 Å². The number of morpholine rings is 1. The molecule has 0 bridgehead atoms. The number of carbonyl (C=O) groups is 2. The molecule has 0 aliphatic carbocycles. The Morgan fingerprint density at radius 3 is 1.74 bits per heavy atom. The van der Waals surface area contributed by atoms with Crippen molar-refractivity contribution in [1.82, 2.24) is 9.88 Å². The first-order chi connectivity index (χ1) is 26.2. The van der Waals surface area contributed by atoms with Gasteiger partial charge in [0, 0.05) is 12.1 Å². The maximum atomic E-state index is 14.3. The molecule has 2 heterocycles. The number of benzene rings is 5. The second-order valence-electron chi connectivity index (χ2n) is 14.5. The van der Waals surface area contributed by atoms with Crippen LogP contribution in [0.1, 0.15) is 55.3 Å². The Labute approximate surface area is 318 Å². The summed E-state index contributed by atoms with van der Waals surface area (Å²) in [6.45, 7) is 6.75. The molecule has 1 aromatic heterocycles. The van der Waals surface area contributed by atoms with E-state index in [2.05, 4.69) is 69.3 Å².